The monoisotopic (exact) mass is 434 g/mol. The van der Waals surface area contributed by atoms with Crippen LogP contribution in [0.25, 0.3) is 16.9 Å². The second kappa shape index (κ2) is 8.39. The van der Waals surface area contributed by atoms with Crippen molar-refractivity contribution in [3.63, 3.8) is 0 Å². The second-order valence-corrected chi connectivity index (χ2v) is 7.60. The van der Waals surface area contributed by atoms with Gasteiger partial charge >= 0.3 is 0 Å². The third-order valence-corrected chi connectivity index (χ3v) is 5.42. The molecule has 1 atom stereocenters. The zero-order chi connectivity index (χ0) is 22.1. The fourth-order valence-electron chi connectivity index (χ4n) is 3.75. The van der Waals surface area contributed by atoms with Crippen molar-refractivity contribution in [2.45, 2.75) is 13.0 Å². The number of ether oxygens (including phenoxy) is 1. The summed E-state index contributed by atoms with van der Waals surface area (Å²) in [4.78, 5) is 16.1. The van der Waals surface area contributed by atoms with Crippen LogP contribution in [0.15, 0.2) is 48.8 Å². The lowest BCUT2D eigenvalue weighted by molar-refractivity contribution is 0.122. The predicted octanol–water partition coefficient (Wildman–Crippen LogP) is 2.92. The largest absolute Gasteiger partial charge is 0.382 e. The Labute approximate surface area is 184 Å². The van der Waals surface area contributed by atoms with Crippen molar-refractivity contribution in [1.29, 1.82) is 0 Å². The van der Waals surface area contributed by atoms with E-state index in [1.165, 1.54) is 12.1 Å². The number of nitrogens with one attached hydrogen (secondary N) is 1. The number of halogens is 1. The van der Waals surface area contributed by atoms with Crippen LogP contribution in [-0.2, 0) is 4.74 Å². The molecule has 0 unspecified atom stereocenters. The third kappa shape index (κ3) is 3.92. The molecule has 0 bridgehead atoms. The average Bonchev–Trinajstić information content (AvgIpc) is 3.15. The first-order valence-electron chi connectivity index (χ1n) is 10.4. The molecule has 0 spiro atoms. The Kier molecular flexibility index (Phi) is 5.28. The van der Waals surface area contributed by atoms with E-state index in [0.717, 1.165) is 5.56 Å². The van der Waals surface area contributed by atoms with E-state index in [9.17, 15) is 4.39 Å². The summed E-state index contributed by atoms with van der Waals surface area (Å²) < 4.78 is 20.4. The maximum Gasteiger partial charge on any atom is 0.228 e. The SMILES string of the molecule is C[C@H](Nc1cc(-c2c(N)nn3cccnc23)nc(N2CCOCC2)n1)c1ccc(F)cc1. The van der Waals surface area contributed by atoms with Gasteiger partial charge in [0.15, 0.2) is 11.5 Å². The highest BCUT2D eigenvalue weighted by Crippen LogP contribution is 2.31. The maximum atomic E-state index is 13.3. The minimum absolute atomic E-state index is 0.102. The average molecular weight is 434 g/mol. The smallest absolute Gasteiger partial charge is 0.228 e. The number of rotatable bonds is 5. The summed E-state index contributed by atoms with van der Waals surface area (Å²) >= 11 is 0. The van der Waals surface area contributed by atoms with Crippen LogP contribution in [0.1, 0.15) is 18.5 Å². The predicted molar refractivity (Wildman–Crippen MR) is 120 cm³/mol. The minimum Gasteiger partial charge on any atom is -0.382 e. The van der Waals surface area contributed by atoms with Crippen LogP contribution >= 0.6 is 0 Å². The molecular formula is C22H23FN8O. The Hall–Kier alpha value is -3.79. The van der Waals surface area contributed by atoms with E-state index in [0.29, 0.717) is 60.8 Å². The Morgan fingerprint density at radius 3 is 2.72 bits per heavy atom. The van der Waals surface area contributed by atoms with Gasteiger partial charge in [-0.2, -0.15) is 4.98 Å². The number of benzene rings is 1. The zero-order valence-electron chi connectivity index (χ0n) is 17.6. The lowest BCUT2D eigenvalue weighted by atomic mass is 10.1. The first kappa shape index (κ1) is 20.1. The molecule has 10 heteroatoms. The molecular weight excluding hydrogens is 411 g/mol. The van der Waals surface area contributed by atoms with Gasteiger partial charge in [0.05, 0.1) is 24.5 Å². The molecule has 3 aromatic heterocycles. The first-order chi connectivity index (χ1) is 15.6. The lowest BCUT2D eigenvalue weighted by Crippen LogP contribution is -2.37. The fourth-order valence-corrected chi connectivity index (χ4v) is 3.75. The summed E-state index contributed by atoms with van der Waals surface area (Å²) in [5, 5.41) is 7.77. The van der Waals surface area contributed by atoms with E-state index >= 15 is 0 Å². The van der Waals surface area contributed by atoms with Gasteiger partial charge in [0, 0.05) is 37.6 Å². The van der Waals surface area contributed by atoms with Gasteiger partial charge in [0.2, 0.25) is 5.95 Å². The van der Waals surface area contributed by atoms with E-state index in [4.69, 9.17) is 20.4 Å². The van der Waals surface area contributed by atoms with Crippen molar-refractivity contribution in [3.05, 3.63) is 60.2 Å². The summed E-state index contributed by atoms with van der Waals surface area (Å²) in [5.74, 6) is 1.28. The van der Waals surface area contributed by atoms with E-state index in [1.54, 1.807) is 35.1 Å². The van der Waals surface area contributed by atoms with Gasteiger partial charge in [-0.05, 0) is 30.7 Å². The molecule has 4 heterocycles. The van der Waals surface area contributed by atoms with E-state index < -0.39 is 0 Å². The van der Waals surface area contributed by atoms with Crippen LogP contribution < -0.4 is 16.0 Å². The van der Waals surface area contributed by atoms with Crippen LogP contribution in [0, 0.1) is 5.82 Å². The van der Waals surface area contributed by atoms with Crippen molar-refractivity contribution < 1.29 is 9.13 Å². The Morgan fingerprint density at radius 2 is 1.94 bits per heavy atom. The standard InChI is InChI=1S/C22H23FN8O/c1-14(15-3-5-16(23)6-4-15)26-18-13-17(27-22(28-18)30-9-11-32-12-10-30)19-20(24)29-31-8-2-7-25-21(19)31/h2-8,13-14H,9-12H2,1H3,(H2,24,29)(H,26,27,28)/t14-/m0/s1. The lowest BCUT2D eigenvalue weighted by Gasteiger charge is -2.27. The minimum atomic E-state index is -0.268. The quantitative estimate of drug-likeness (QED) is 0.494. The van der Waals surface area contributed by atoms with Gasteiger partial charge in [-0.15, -0.1) is 5.10 Å². The molecule has 164 valence electrons. The van der Waals surface area contributed by atoms with Crippen LogP contribution in [0.2, 0.25) is 0 Å². The molecule has 0 aliphatic carbocycles. The number of hydrogen-bond acceptors (Lipinski definition) is 8. The maximum absolute atomic E-state index is 13.3. The van der Waals surface area contributed by atoms with E-state index in [-0.39, 0.29) is 11.9 Å². The first-order valence-corrected chi connectivity index (χ1v) is 10.4. The Morgan fingerprint density at radius 1 is 1.16 bits per heavy atom. The number of morpholine rings is 1. The number of nitrogens with zero attached hydrogens (tertiary/aromatic N) is 6. The number of anilines is 3. The Balaban J connectivity index is 1.57. The van der Waals surface area contributed by atoms with Crippen molar-refractivity contribution in [3.8, 4) is 11.3 Å². The topological polar surface area (TPSA) is 106 Å². The molecule has 4 aromatic rings. The number of hydrogen-bond donors (Lipinski definition) is 2. The van der Waals surface area contributed by atoms with Crippen molar-refractivity contribution in [2.24, 2.45) is 0 Å². The molecule has 9 nitrogen and oxygen atoms in total. The molecule has 32 heavy (non-hydrogen) atoms. The van der Waals surface area contributed by atoms with Gasteiger partial charge in [-0.25, -0.2) is 18.9 Å². The molecule has 1 aliphatic rings. The molecule has 1 aromatic carbocycles. The molecule has 5 rings (SSSR count). The van der Waals surface area contributed by atoms with Gasteiger partial charge in [-0.1, -0.05) is 12.1 Å². The number of nitrogen functional groups attached to an aromatic ring is 1. The van der Waals surface area contributed by atoms with Crippen molar-refractivity contribution >= 4 is 23.2 Å². The fraction of sp³-hybridized carbons (Fsp3) is 0.273. The molecule has 3 N–H and O–H groups in total. The molecule has 0 saturated carbocycles. The number of nitrogens with two attached hydrogens (primary N) is 1. The summed E-state index contributed by atoms with van der Waals surface area (Å²) in [6.45, 7) is 4.61. The van der Waals surface area contributed by atoms with E-state index in [1.807, 2.05) is 13.0 Å². The molecule has 1 aliphatic heterocycles. The summed E-state index contributed by atoms with van der Waals surface area (Å²) in [7, 11) is 0. The van der Waals surface area contributed by atoms with Crippen LogP contribution in [0.3, 0.4) is 0 Å². The van der Waals surface area contributed by atoms with Crippen molar-refractivity contribution in [2.75, 3.05) is 42.3 Å². The molecule has 0 radical (unpaired) electrons. The molecule has 0 amide bonds. The van der Waals surface area contributed by atoms with Crippen LogP contribution in [-0.4, -0.2) is 50.9 Å². The van der Waals surface area contributed by atoms with Crippen molar-refractivity contribution in [1.82, 2.24) is 24.6 Å². The van der Waals surface area contributed by atoms with Gasteiger partial charge in [0.25, 0.3) is 0 Å². The summed E-state index contributed by atoms with van der Waals surface area (Å²) in [6.07, 6.45) is 3.49. The Bertz CT molecular complexity index is 1240. The summed E-state index contributed by atoms with van der Waals surface area (Å²) in [5.41, 5.74) is 9.09. The zero-order valence-corrected chi connectivity index (χ0v) is 17.6. The summed E-state index contributed by atoms with van der Waals surface area (Å²) in [6, 6.07) is 9.94. The van der Waals surface area contributed by atoms with Gasteiger partial charge in [-0.3, -0.25) is 0 Å². The highest BCUT2D eigenvalue weighted by Gasteiger charge is 2.21. The third-order valence-electron chi connectivity index (χ3n) is 5.42. The van der Waals surface area contributed by atoms with Crippen LogP contribution in [0.5, 0.6) is 0 Å². The van der Waals surface area contributed by atoms with Gasteiger partial charge in [0.1, 0.15) is 11.6 Å². The number of aromatic nitrogens is 5. The normalized spacial score (nSPS) is 15.1. The van der Waals surface area contributed by atoms with E-state index in [2.05, 4.69) is 20.3 Å². The van der Waals surface area contributed by atoms with Gasteiger partial charge < -0.3 is 20.7 Å². The molecule has 1 saturated heterocycles. The highest BCUT2D eigenvalue weighted by atomic mass is 19.1. The molecule has 1 fully saturated rings. The van der Waals surface area contributed by atoms with Crippen LogP contribution in [0.4, 0.5) is 22.0 Å². The highest BCUT2D eigenvalue weighted by molar-refractivity contribution is 5.85. The number of fused-ring (bicyclic) bond motifs is 1. The second-order valence-electron chi connectivity index (χ2n) is 7.60.